The average Bonchev–Trinajstić information content (AvgIpc) is 2.93. The van der Waals surface area contributed by atoms with Crippen LogP contribution in [0.2, 0.25) is 0 Å². The Morgan fingerprint density at radius 3 is 2.26 bits per heavy atom. The van der Waals surface area contributed by atoms with Gasteiger partial charge in [0.25, 0.3) is 5.91 Å². The number of hydrogen-bond donors (Lipinski definition) is 0. The molecule has 1 amide bonds. The Morgan fingerprint density at radius 1 is 1.00 bits per heavy atom. The first-order valence-electron chi connectivity index (χ1n) is 9.92. The van der Waals surface area contributed by atoms with E-state index in [1.54, 1.807) is 7.11 Å². The Kier molecular flexibility index (Phi) is 5.88. The van der Waals surface area contributed by atoms with E-state index >= 15 is 0 Å². The molecule has 144 valence electrons. The summed E-state index contributed by atoms with van der Waals surface area (Å²) in [7, 11) is 1.69. The first kappa shape index (κ1) is 19.5. The molecule has 2 aromatic rings. The number of hydrogen-bond acceptors (Lipinski definition) is 2. The SMILES string of the molecule is COc1ccc(C2CCCCN(C(=O)c3ccc(C(C)(C)C)cc3)C2)cc1. The molecule has 0 aromatic heterocycles. The Hall–Kier alpha value is -2.29. The molecule has 0 radical (unpaired) electrons. The second-order valence-electron chi connectivity index (χ2n) is 8.54. The largest absolute Gasteiger partial charge is 0.497 e. The van der Waals surface area contributed by atoms with Gasteiger partial charge in [0.1, 0.15) is 5.75 Å². The number of likely N-dealkylation sites (tertiary alicyclic amines) is 1. The summed E-state index contributed by atoms with van der Waals surface area (Å²) < 4.78 is 5.27. The van der Waals surface area contributed by atoms with Crippen LogP contribution in [0.15, 0.2) is 48.5 Å². The van der Waals surface area contributed by atoms with Crippen LogP contribution in [0.3, 0.4) is 0 Å². The van der Waals surface area contributed by atoms with Crippen molar-refractivity contribution in [2.75, 3.05) is 20.2 Å². The van der Waals surface area contributed by atoms with E-state index in [0.29, 0.717) is 5.92 Å². The number of carbonyl (C=O) groups excluding carboxylic acids is 1. The van der Waals surface area contributed by atoms with Gasteiger partial charge >= 0.3 is 0 Å². The summed E-state index contributed by atoms with van der Waals surface area (Å²) in [6, 6.07) is 16.4. The Labute approximate surface area is 163 Å². The van der Waals surface area contributed by atoms with Gasteiger partial charge < -0.3 is 9.64 Å². The van der Waals surface area contributed by atoms with Crippen LogP contribution in [0.25, 0.3) is 0 Å². The third kappa shape index (κ3) is 4.71. The molecule has 1 saturated heterocycles. The first-order chi connectivity index (χ1) is 12.9. The summed E-state index contributed by atoms with van der Waals surface area (Å²) in [6.45, 7) is 8.20. The molecule has 1 unspecified atom stereocenters. The van der Waals surface area contributed by atoms with Crippen LogP contribution < -0.4 is 4.74 Å². The minimum atomic E-state index is 0.101. The maximum atomic E-state index is 13.1. The molecule has 0 saturated carbocycles. The molecule has 0 spiro atoms. The Morgan fingerprint density at radius 2 is 1.67 bits per heavy atom. The monoisotopic (exact) mass is 365 g/mol. The summed E-state index contributed by atoms with van der Waals surface area (Å²) in [6.07, 6.45) is 3.35. The summed E-state index contributed by atoms with van der Waals surface area (Å²) in [5.41, 5.74) is 3.44. The van der Waals surface area contributed by atoms with Crippen molar-refractivity contribution in [3.63, 3.8) is 0 Å². The third-order valence-corrected chi connectivity index (χ3v) is 5.54. The van der Waals surface area contributed by atoms with E-state index < -0.39 is 0 Å². The van der Waals surface area contributed by atoms with E-state index in [1.807, 2.05) is 29.2 Å². The highest BCUT2D eigenvalue weighted by Gasteiger charge is 2.24. The molecule has 27 heavy (non-hydrogen) atoms. The highest BCUT2D eigenvalue weighted by atomic mass is 16.5. The van der Waals surface area contributed by atoms with Crippen LogP contribution in [0.5, 0.6) is 5.75 Å². The fraction of sp³-hybridized carbons (Fsp3) is 0.458. The highest BCUT2D eigenvalue weighted by molar-refractivity contribution is 5.94. The normalized spacial score (nSPS) is 18.1. The lowest BCUT2D eigenvalue weighted by molar-refractivity contribution is 0.0754. The number of carbonyl (C=O) groups is 1. The molecule has 3 heteroatoms. The van der Waals surface area contributed by atoms with Crippen LogP contribution in [0, 0.1) is 0 Å². The van der Waals surface area contributed by atoms with Crippen LogP contribution in [0.4, 0.5) is 0 Å². The van der Waals surface area contributed by atoms with Crippen molar-refractivity contribution in [3.8, 4) is 5.75 Å². The van der Waals surface area contributed by atoms with Gasteiger partial charge in [-0.25, -0.2) is 0 Å². The topological polar surface area (TPSA) is 29.5 Å². The molecule has 3 nitrogen and oxygen atoms in total. The van der Waals surface area contributed by atoms with Crippen LogP contribution >= 0.6 is 0 Å². The van der Waals surface area contributed by atoms with E-state index in [1.165, 1.54) is 11.1 Å². The first-order valence-corrected chi connectivity index (χ1v) is 9.92. The van der Waals surface area contributed by atoms with Crippen LogP contribution in [-0.2, 0) is 5.41 Å². The molecule has 1 fully saturated rings. The van der Waals surface area contributed by atoms with Gasteiger partial charge in [-0.3, -0.25) is 4.79 Å². The molecule has 2 aromatic carbocycles. The molecule has 1 aliphatic rings. The van der Waals surface area contributed by atoms with Crippen molar-refractivity contribution in [1.82, 2.24) is 4.90 Å². The number of benzene rings is 2. The summed E-state index contributed by atoms with van der Waals surface area (Å²) in [4.78, 5) is 15.1. The van der Waals surface area contributed by atoms with Crippen LogP contribution in [-0.4, -0.2) is 31.0 Å². The number of nitrogens with zero attached hydrogens (tertiary/aromatic N) is 1. The van der Waals surface area contributed by atoms with E-state index in [2.05, 4.69) is 45.0 Å². The van der Waals surface area contributed by atoms with Gasteiger partial charge in [-0.1, -0.05) is 51.5 Å². The number of ether oxygens (including phenoxy) is 1. The van der Waals surface area contributed by atoms with Gasteiger partial charge in [0.15, 0.2) is 0 Å². The van der Waals surface area contributed by atoms with Gasteiger partial charge in [-0.05, 0) is 53.6 Å². The van der Waals surface area contributed by atoms with Gasteiger partial charge in [0, 0.05) is 24.6 Å². The number of rotatable bonds is 3. The lowest BCUT2D eigenvalue weighted by Crippen LogP contribution is -2.34. The smallest absolute Gasteiger partial charge is 0.253 e. The fourth-order valence-electron chi connectivity index (χ4n) is 3.77. The zero-order valence-electron chi connectivity index (χ0n) is 17.0. The Bertz CT molecular complexity index is 756. The lowest BCUT2D eigenvalue weighted by Gasteiger charge is -2.25. The van der Waals surface area contributed by atoms with Gasteiger partial charge in [-0.15, -0.1) is 0 Å². The van der Waals surface area contributed by atoms with Gasteiger partial charge in [-0.2, -0.15) is 0 Å². The molecular weight excluding hydrogens is 334 g/mol. The summed E-state index contributed by atoms with van der Waals surface area (Å²) in [5, 5.41) is 0. The van der Waals surface area contributed by atoms with E-state index in [-0.39, 0.29) is 11.3 Å². The van der Waals surface area contributed by atoms with Crippen molar-refractivity contribution in [2.45, 2.75) is 51.4 Å². The Balaban J connectivity index is 1.75. The molecule has 0 aliphatic carbocycles. The zero-order valence-corrected chi connectivity index (χ0v) is 17.0. The molecule has 0 bridgehead atoms. The van der Waals surface area contributed by atoms with Crippen molar-refractivity contribution in [1.29, 1.82) is 0 Å². The van der Waals surface area contributed by atoms with Gasteiger partial charge in [0.2, 0.25) is 0 Å². The standard InChI is InChI=1S/C24H31NO2/c1-24(2,3)21-12-8-19(9-13-21)23(26)25-16-6-5-7-20(17-25)18-10-14-22(27-4)15-11-18/h8-15,20H,5-7,16-17H2,1-4H3. The highest BCUT2D eigenvalue weighted by Crippen LogP contribution is 2.29. The van der Waals surface area contributed by atoms with Crippen molar-refractivity contribution < 1.29 is 9.53 Å². The minimum absolute atomic E-state index is 0.101. The van der Waals surface area contributed by atoms with Crippen LogP contribution in [0.1, 0.15) is 67.4 Å². The molecule has 1 aliphatic heterocycles. The second-order valence-corrected chi connectivity index (χ2v) is 8.54. The van der Waals surface area contributed by atoms with Crippen molar-refractivity contribution in [3.05, 3.63) is 65.2 Å². The number of amides is 1. The summed E-state index contributed by atoms with van der Waals surface area (Å²) in [5.74, 6) is 1.41. The van der Waals surface area contributed by atoms with E-state index in [4.69, 9.17) is 4.74 Å². The molecule has 1 heterocycles. The number of methoxy groups -OCH3 is 1. The lowest BCUT2D eigenvalue weighted by atomic mass is 9.86. The predicted molar refractivity (Wildman–Crippen MR) is 111 cm³/mol. The average molecular weight is 366 g/mol. The van der Waals surface area contributed by atoms with Gasteiger partial charge in [0.05, 0.1) is 7.11 Å². The van der Waals surface area contributed by atoms with E-state index in [0.717, 1.165) is 43.7 Å². The fourth-order valence-corrected chi connectivity index (χ4v) is 3.77. The summed E-state index contributed by atoms with van der Waals surface area (Å²) >= 11 is 0. The van der Waals surface area contributed by atoms with Crippen molar-refractivity contribution in [2.24, 2.45) is 0 Å². The maximum Gasteiger partial charge on any atom is 0.253 e. The van der Waals surface area contributed by atoms with Crippen molar-refractivity contribution >= 4 is 5.91 Å². The maximum absolute atomic E-state index is 13.1. The zero-order chi connectivity index (χ0) is 19.4. The predicted octanol–water partition coefficient (Wildman–Crippen LogP) is 5.40. The molecular formula is C24H31NO2. The molecule has 1 atom stereocenters. The molecule has 3 rings (SSSR count). The second kappa shape index (κ2) is 8.16. The van der Waals surface area contributed by atoms with E-state index in [9.17, 15) is 4.79 Å². The molecule has 0 N–H and O–H groups in total. The quantitative estimate of drug-likeness (QED) is 0.728. The minimum Gasteiger partial charge on any atom is -0.497 e. The third-order valence-electron chi connectivity index (χ3n) is 5.54.